The number of allylic oxidation sites excluding steroid dienone is 3. The fraction of sp³-hybridized carbons (Fsp3) is 0.200. The summed E-state index contributed by atoms with van der Waals surface area (Å²) in [4.78, 5) is 12.2. The first-order valence-electron chi connectivity index (χ1n) is 10.6. The Bertz CT molecular complexity index is 1530. The highest BCUT2D eigenvalue weighted by atomic mass is 19.1. The zero-order valence-electron chi connectivity index (χ0n) is 18.6. The van der Waals surface area contributed by atoms with E-state index in [1.807, 2.05) is 6.07 Å². The van der Waals surface area contributed by atoms with Gasteiger partial charge in [0.2, 0.25) is 0 Å². The van der Waals surface area contributed by atoms with Crippen LogP contribution >= 0.6 is 0 Å². The van der Waals surface area contributed by atoms with Crippen molar-refractivity contribution >= 4 is 16.8 Å². The minimum absolute atomic E-state index is 0.00472. The van der Waals surface area contributed by atoms with Crippen molar-refractivity contribution in [3.63, 3.8) is 0 Å². The van der Waals surface area contributed by atoms with Gasteiger partial charge in [-0.15, -0.1) is 6.42 Å². The molecule has 3 N–H and O–H groups in total. The van der Waals surface area contributed by atoms with Crippen LogP contribution in [-0.4, -0.2) is 32.3 Å². The van der Waals surface area contributed by atoms with Gasteiger partial charge in [-0.1, -0.05) is 12.0 Å². The van der Waals surface area contributed by atoms with Gasteiger partial charge in [-0.3, -0.25) is 9.48 Å². The van der Waals surface area contributed by atoms with E-state index >= 15 is 0 Å². The molecule has 35 heavy (non-hydrogen) atoms. The predicted molar refractivity (Wildman–Crippen MR) is 127 cm³/mol. The number of benzene rings is 1. The van der Waals surface area contributed by atoms with Crippen molar-refractivity contribution in [1.29, 1.82) is 5.26 Å². The van der Waals surface area contributed by atoms with Crippen LogP contribution in [0.2, 0.25) is 0 Å². The van der Waals surface area contributed by atoms with Crippen LogP contribution in [0.4, 0.5) is 8.78 Å². The van der Waals surface area contributed by atoms with Gasteiger partial charge in [0, 0.05) is 31.0 Å². The predicted octanol–water partition coefficient (Wildman–Crippen LogP) is 3.19. The van der Waals surface area contributed by atoms with Crippen LogP contribution in [0.25, 0.3) is 28.0 Å². The van der Waals surface area contributed by atoms with Gasteiger partial charge in [0.25, 0.3) is 5.56 Å². The molecule has 0 aliphatic heterocycles. The number of nitrogens with two attached hydrogens (primary N) is 1. The number of rotatable bonds is 7. The van der Waals surface area contributed by atoms with E-state index in [4.69, 9.17) is 16.9 Å². The lowest BCUT2D eigenvalue weighted by molar-refractivity contribution is 0.179. The van der Waals surface area contributed by atoms with Gasteiger partial charge in [0.1, 0.15) is 30.4 Å². The molecule has 0 bridgehead atoms. The second kappa shape index (κ2) is 9.75. The van der Waals surface area contributed by atoms with E-state index in [1.54, 1.807) is 31.4 Å². The molecule has 1 saturated carbocycles. The van der Waals surface area contributed by atoms with E-state index in [0.29, 0.717) is 33.3 Å². The Morgan fingerprint density at radius 2 is 2.23 bits per heavy atom. The molecule has 176 valence electrons. The first kappa shape index (κ1) is 23.6. The quantitative estimate of drug-likeness (QED) is 0.235. The fourth-order valence-electron chi connectivity index (χ4n) is 3.53. The third kappa shape index (κ3) is 4.74. The third-order valence-corrected chi connectivity index (χ3v) is 5.53. The molecule has 1 aromatic carbocycles. The fourth-order valence-corrected chi connectivity index (χ4v) is 3.53. The molecule has 1 aliphatic rings. The molecule has 0 unspecified atom stereocenters. The van der Waals surface area contributed by atoms with Crippen LogP contribution in [0.1, 0.15) is 17.8 Å². The van der Waals surface area contributed by atoms with Gasteiger partial charge in [-0.05, 0) is 29.8 Å². The summed E-state index contributed by atoms with van der Waals surface area (Å²) in [6.45, 7) is 0.122. The molecule has 1 aliphatic carbocycles. The molecule has 10 heteroatoms. The molecule has 2 aromatic heterocycles. The zero-order valence-corrected chi connectivity index (χ0v) is 18.6. The van der Waals surface area contributed by atoms with Crippen LogP contribution in [0, 0.1) is 23.7 Å². The number of ether oxygens (including phenoxy) is 1. The second-order valence-electron chi connectivity index (χ2n) is 7.83. The smallest absolute Gasteiger partial charge is 0.272 e. The highest BCUT2D eigenvalue weighted by Gasteiger charge is 2.41. The maximum absolute atomic E-state index is 13.5. The van der Waals surface area contributed by atoms with Crippen molar-refractivity contribution in [3.8, 4) is 29.5 Å². The average molecular weight is 474 g/mol. The largest absolute Gasteiger partial charge is 0.486 e. The maximum Gasteiger partial charge on any atom is 0.272 e. The number of aromatic amines is 1. The van der Waals surface area contributed by atoms with Crippen molar-refractivity contribution < 1.29 is 13.5 Å². The molecule has 0 radical (unpaired) electrons. The van der Waals surface area contributed by atoms with Crippen LogP contribution < -0.4 is 11.3 Å². The monoisotopic (exact) mass is 474 g/mol. The van der Waals surface area contributed by atoms with Gasteiger partial charge < -0.3 is 10.5 Å². The lowest BCUT2D eigenvalue weighted by atomic mass is 10.0. The lowest BCUT2D eigenvalue weighted by Crippen LogP contribution is -2.13. The van der Waals surface area contributed by atoms with Crippen molar-refractivity contribution in [1.82, 2.24) is 20.0 Å². The molecule has 2 atom stereocenters. The molecular weight excluding hydrogens is 454 g/mol. The van der Waals surface area contributed by atoms with Crippen LogP contribution in [0.15, 0.2) is 58.5 Å². The van der Waals surface area contributed by atoms with E-state index in [0.717, 1.165) is 0 Å². The van der Waals surface area contributed by atoms with Crippen molar-refractivity contribution in [3.05, 3.63) is 75.4 Å². The minimum Gasteiger partial charge on any atom is -0.486 e. The van der Waals surface area contributed by atoms with Gasteiger partial charge in [0.15, 0.2) is 0 Å². The summed E-state index contributed by atoms with van der Waals surface area (Å²) in [5.41, 5.74) is 7.65. The number of terminal acetylenes is 1. The molecule has 1 fully saturated rings. The lowest BCUT2D eigenvalue weighted by Gasteiger charge is -2.10. The summed E-state index contributed by atoms with van der Waals surface area (Å²) >= 11 is 0. The topological polar surface area (TPSA) is 123 Å². The third-order valence-electron chi connectivity index (χ3n) is 5.53. The second-order valence-corrected chi connectivity index (χ2v) is 7.83. The Labute approximate surface area is 199 Å². The highest BCUT2D eigenvalue weighted by molar-refractivity contribution is 5.89. The summed E-state index contributed by atoms with van der Waals surface area (Å²) in [5.74, 6) is 2.09. The average Bonchev–Trinajstić information content (AvgIpc) is 3.44. The number of fused-ring (bicyclic) bond motifs is 1. The molecule has 0 saturated heterocycles. The van der Waals surface area contributed by atoms with E-state index < -0.39 is 12.3 Å². The molecular formula is C25H20F2N6O2. The van der Waals surface area contributed by atoms with Crippen LogP contribution in [-0.2, 0) is 18.3 Å². The summed E-state index contributed by atoms with van der Waals surface area (Å²) < 4.78 is 33.8. The molecule has 0 amide bonds. The molecule has 2 heterocycles. The number of hydrogen-bond acceptors (Lipinski definition) is 6. The number of aromatic nitrogens is 4. The van der Waals surface area contributed by atoms with Gasteiger partial charge in [-0.2, -0.15) is 15.5 Å². The number of alkyl halides is 1. The number of nitrogens with zero attached hydrogens (tertiary/aromatic N) is 4. The Morgan fingerprint density at radius 1 is 1.46 bits per heavy atom. The van der Waals surface area contributed by atoms with Crippen molar-refractivity contribution in [2.24, 2.45) is 12.8 Å². The Balaban J connectivity index is 1.84. The maximum atomic E-state index is 13.5. The number of nitrogens with one attached hydrogen (secondary N) is 1. The SMILES string of the molecule is C#CC(=C\F)/C=C(O[C@H]1C[C@@H]1F)\C(C#N)=C\c1c(-c2ccc3c(=O)[nH]nc(CN)c3c2)cnn1C. The number of hydrogen-bond donors (Lipinski definition) is 2. The normalized spacial score (nSPS) is 18.3. The first-order chi connectivity index (χ1) is 16.9. The number of H-pyrrole nitrogens is 1. The van der Waals surface area contributed by atoms with Crippen LogP contribution in [0.3, 0.4) is 0 Å². The van der Waals surface area contributed by atoms with Gasteiger partial charge >= 0.3 is 0 Å². The molecule has 4 rings (SSSR count). The standard InChI is InChI=1S/C25H20F2N6O2/c1-3-14(10-26)6-23(35-24-9-20(24)27)16(11-28)8-22-19(13-30-33(22)2)15-4-5-17-18(7-15)21(12-29)31-32-25(17)34/h1,4-8,10,13,20,24H,9,12,29H2,2H3,(H,32,34)/b14-10+,16-8+,23-6+/t20-,24-/m0/s1. The Morgan fingerprint density at radius 3 is 2.86 bits per heavy atom. The number of halogens is 2. The Kier molecular flexibility index (Phi) is 6.58. The summed E-state index contributed by atoms with van der Waals surface area (Å²) in [5, 5.41) is 21.6. The van der Waals surface area contributed by atoms with E-state index in [-0.39, 0.29) is 41.8 Å². The van der Waals surface area contributed by atoms with Crippen molar-refractivity contribution in [2.75, 3.05) is 0 Å². The van der Waals surface area contributed by atoms with Crippen molar-refractivity contribution in [2.45, 2.75) is 25.2 Å². The van der Waals surface area contributed by atoms with E-state index in [9.17, 15) is 18.8 Å². The van der Waals surface area contributed by atoms with Gasteiger partial charge in [0.05, 0.1) is 34.1 Å². The summed E-state index contributed by atoms with van der Waals surface area (Å²) in [7, 11) is 1.68. The summed E-state index contributed by atoms with van der Waals surface area (Å²) in [6.07, 6.45) is 8.05. The Hall–Kier alpha value is -4.54. The van der Waals surface area contributed by atoms with Crippen LogP contribution in [0.5, 0.6) is 0 Å². The summed E-state index contributed by atoms with van der Waals surface area (Å²) in [6, 6.07) is 7.19. The minimum atomic E-state index is -1.17. The molecule has 3 aromatic rings. The number of nitriles is 1. The number of aryl methyl sites for hydroxylation is 1. The van der Waals surface area contributed by atoms with E-state index in [2.05, 4.69) is 21.2 Å². The van der Waals surface area contributed by atoms with E-state index in [1.165, 1.54) is 16.8 Å². The first-order valence-corrected chi connectivity index (χ1v) is 10.6. The zero-order chi connectivity index (χ0) is 25.1. The molecule has 8 nitrogen and oxygen atoms in total. The highest BCUT2D eigenvalue weighted by Crippen LogP contribution is 2.34. The molecule has 0 spiro atoms. The van der Waals surface area contributed by atoms with Gasteiger partial charge in [-0.25, -0.2) is 13.9 Å².